The van der Waals surface area contributed by atoms with Gasteiger partial charge in [-0.1, -0.05) is 72.2 Å². The molecule has 1 aliphatic heterocycles. The zero-order valence-electron chi connectivity index (χ0n) is 16.7. The maximum atomic E-state index is 12.1. The van der Waals surface area contributed by atoms with E-state index in [9.17, 15) is 5.11 Å². The highest BCUT2D eigenvalue weighted by Gasteiger charge is 2.40. The number of hydrogen-bond donors (Lipinski definition) is 1. The zero-order valence-corrected chi connectivity index (χ0v) is 19.1. The quantitative estimate of drug-likeness (QED) is 0.604. The standard InChI is InChI=1S/C23H30BrNO2.ClH/c1-18(2)16-23(26,20-8-10-21(24)11-9-20)22(19-6-4-3-5-7-19)17-25-12-14-27-15-13-25;/h3-11,18,22,26H,12-17H2,1-2H3;1H. The summed E-state index contributed by atoms with van der Waals surface area (Å²) in [6.45, 7) is 8.56. The molecule has 28 heavy (non-hydrogen) atoms. The first-order valence-electron chi connectivity index (χ1n) is 9.82. The third-order valence-corrected chi connectivity index (χ3v) is 5.92. The van der Waals surface area contributed by atoms with Crippen molar-refractivity contribution in [2.75, 3.05) is 32.8 Å². The highest BCUT2D eigenvalue weighted by Crippen LogP contribution is 2.42. The highest BCUT2D eigenvalue weighted by atomic mass is 79.9. The molecule has 2 unspecified atom stereocenters. The fourth-order valence-electron chi connectivity index (χ4n) is 4.08. The van der Waals surface area contributed by atoms with E-state index in [4.69, 9.17) is 4.74 Å². The lowest BCUT2D eigenvalue weighted by atomic mass is 9.72. The van der Waals surface area contributed by atoms with Crippen LogP contribution < -0.4 is 0 Å². The third-order valence-electron chi connectivity index (χ3n) is 5.39. The average Bonchev–Trinajstić information content (AvgIpc) is 2.67. The van der Waals surface area contributed by atoms with Gasteiger partial charge in [-0.3, -0.25) is 4.90 Å². The first-order valence-corrected chi connectivity index (χ1v) is 10.6. The Balaban J connectivity index is 0.00000280. The number of hydrogen-bond acceptors (Lipinski definition) is 3. The molecule has 0 spiro atoms. The topological polar surface area (TPSA) is 32.7 Å². The van der Waals surface area contributed by atoms with Crippen molar-refractivity contribution in [1.29, 1.82) is 0 Å². The van der Waals surface area contributed by atoms with Gasteiger partial charge in [0.2, 0.25) is 0 Å². The van der Waals surface area contributed by atoms with Crippen molar-refractivity contribution in [1.82, 2.24) is 4.90 Å². The van der Waals surface area contributed by atoms with Crippen molar-refractivity contribution in [2.45, 2.75) is 31.8 Å². The third kappa shape index (κ3) is 5.80. The van der Waals surface area contributed by atoms with Crippen molar-refractivity contribution in [3.05, 3.63) is 70.2 Å². The van der Waals surface area contributed by atoms with Gasteiger partial charge in [0.25, 0.3) is 0 Å². The minimum atomic E-state index is -0.922. The minimum absolute atomic E-state index is 0. The van der Waals surface area contributed by atoms with Crippen LogP contribution in [0.4, 0.5) is 0 Å². The van der Waals surface area contributed by atoms with Crippen LogP contribution in [0.25, 0.3) is 0 Å². The summed E-state index contributed by atoms with van der Waals surface area (Å²) >= 11 is 3.52. The van der Waals surface area contributed by atoms with Crippen LogP contribution in [0, 0.1) is 5.92 Å². The highest BCUT2D eigenvalue weighted by molar-refractivity contribution is 9.10. The van der Waals surface area contributed by atoms with Crippen LogP contribution in [-0.2, 0) is 10.3 Å². The van der Waals surface area contributed by atoms with Gasteiger partial charge in [0, 0.05) is 30.0 Å². The Kier molecular flexibility index (Phi) is 8.97. The number of nitrogens with zero attached hydrogens (tertiary/aromatic N) is 1. The SMILES string of the molecule is CC(C)CC(O)(c1ccc(Br)cc1)C(CN1CCOCC1)c1ccccc1.Cl. The van der Waals surface area contributed by atoms with Gasteiger partial charge in [0.15, 0.2) is 0 Å². The summed E-state index contributed by atoms with van der Waals surface area (Å²) in [5.74, 6) is 0.384. The fraction of sp³-hybridized carbons (Fsp3) is 0.478. The molecule has 1 saturated heterocycles. The minimum Gasteiger partial charge on any atom is -0.384 e. The molecule has 1 aliphatic rings. The number of morpholine rings is 1. The first-order chi connectivity index (χ1) is 13.0. The van der Waals surface area contributed by atoms with Gasteiger partial charge in [-0.05, 0) is 35.6 Å². The molecular weight excluding hydrogens is 438 g/mol. The van der Waals surface area contributed by atoms with E-state index in [1.54, 1.807) is 0 Å². The maximum Gasteiger partial charge on any atom is 0.0979 e. The van der Waals surface area contributed by atoms with Crippen molar-refractivity contribution in [3.8, 4) is 0 Å². The van der Waals surface area contributed by atoms with Crippen LogP contribution in [0.15, 0.2) is 59.1 Å². The van der Waals surface area contributed by atoms with E-state index in [2.05, 4.69) is 71.1 Å². The molecule has 0 saturated carbocycles. The molecule has 1 fully saturated rings. The second kappa shape index (κ2) is 10.7. The van der Waals surface area contributed by atoms with E-state index in [-0.39, 0.29) is 18.3 Å². The number of aliphatic hydroxyl groups is 1. The normalized spacial score (nSPS) is 18.3. The van der Waals surface area contributed by atoms with Crippen LogP contribution in [0.1, 0.15) is 37.3 Å². The summed E-state index contributed by atoms with van der Waals surface area (Å²) < 4.78 is 6.56. The second-order valence-corrected chi connectivity index (χ2v) is 8.82. The first kappa shape index (κ1) is 23.4. The number of ether oxygens (including phenoxy) is 1. The molecule has 0 aliphatic carbocycles. The molecule has 0 amide bonds. The predicted octanol–water partition coefficient (Wildman–Crippen LogP) is 5.22. The molecule has 154 valence electrons. The molecule has 1 heterocycles. The van der Waals surface area contributed by atoms with Gasteiger partial charge < -0.3 is 9.84 Å². The van der Waals surface area contributed by atoms with Gasteiger partial charge in [-0.25, -0.2) is 0 Å². The number of benzene rings is 2. The Morgan fingerprint density at radius 2 is 1.64 bits per heavy atom. The summed E-state index contributed by atoms with van der Waals surface area (Å²) in [7, 11) is 0. The van der Waals surface area contributed by atoms with Crippen molar-refractivity contribution >= 4 is 28.3 Å². The summed E-state index contributed by atoms with van der Waals surface area (Å²) in [5.41, 5.74) is 1.26. The molecule has 5 heteroatoms. The van der Waals surface area contributed by atoms with Crippen LogP contribution >= 0.6 is 28.3 Å². The molecule has 3 rings (SSSR count). The van der Waals surface area contributed by atoms with Gasteiger partial charge in [0.05, 0.1) is 18.8 Å². The van der Waals surface area contributed by atoms with E-state index < -0.39 is 5.60 Å². The van der Waals surface area contributed by atoms with Gasteiger partial charge in [-0.15, -0.1) is 12.4 Å². The zero-order chi connectivity index (χ0) is 19.3. The van der Waals surface area contributed by atoms with Crippen molar-refractivity contribution in [2.24, 2.45) is 5.92 Å². The lowest BCUT2D eigenvalue weighted by molar-refractivity contribution is -0.0356. The molecule has 2 atom stereocenters. The Hall–Kier alpha value is -0.910. The molecule has 2 aromatic rings. The Bertz CT molecular complexity index is 704. The molecular formula is C23H31BrClNO2. The Labute approximate surface area is 183 Å². The van der Waals surface area contributed by atoms with E-state index in [0.29, 0.717) is 5.92 Å². The molecule has 0 aromatic heterocycles. The van der Waals surface area contributed by atoms with E-state index >= 15 is 0 Å². The second-order valence-electron chi connectivity index (χ2n) is 7.91. The lowest BCUT2D eigenvalue weighted by Gasteiger charge is -2.41. The lowest BCUT2D eigenvalue weighted by Crippen LogP contribution is -2.45. The van der Waals surface area contributed by atoms with E-state index in [1.165, 1.54) is 5.56 Å². The number of halogens is 2. The van der Waals surface area contributed by atoms with Gasteiger partial charge in [0.1, 0.15) is 0 Å². The van der Waals surface area contributed by atoms with Gasteiger partial charge >= 0.3 is 0 Å². The summed E-state index contributed by atoms with van der Waals surface area (Å²) in [6, 6.07) is 18.6. The van der Waals surface area contributed by atoms with Crippen LogP contribution in [0.2, 0.25) is 0 Å². The van der Waals surface area contributed by atoms with Gasteiger partial charge in [-0.2, -0.15) is 0 Å². The monoisotopic (exact) mass is 467 g/mol. The average molecular weight is 469 g/mol. The molecule has 0 bridgehead atoms. The molecule has 2 aromatic carbocycles. The van der Waals surface area contributed by atoms with Crippen LogP contribution in [-0.4, -0.2) is 42.9 Å². The van der Waals surface area contributed by atoms with Crippen molar-refractivity contribution in [3.63, 3.8) is 0 Å². The summed E-state index contributed by atoms with van der Waals surface area (Å²) in [6.07, 6.45) is 0.721. The summed E-state index contributed by atoms with van der Waals surface area (Å²) in [4.78, 5) is 2.42. The van der Waals surface area contributed by atoms with E-state index in [0.717, 1.165) is 49.3 Å². The molecule has 1 N–H and O–H groups in total. The number of rotatable bonds is 7. The largest absolute Gasteiger partial charge is 0.384 e. The van der Waals surface area contributed by atoms with Crippen molar-refractivity contribution < 1.29 is 9.84 Å². The smallest absolute Gasteiger partial charge is 0.0979 e. The Morgan fingerprint density at radius 1 is 1.04 bits per heavy atom. The van der Waals surface area contributed by atoms with Crippen LogP contribution in [0.5, 0.6) is 0 Å². The van der Waals surface area contributed by atoms with Crippen LogP contribution in [0.3, 0.4) is 0 Å². The fourth-order valence-corrected chi connectivity index (χ4v) is 4.35. The molecule has 3 nitrogen and oxygen atoms in total. The van der Waals surface area contributed by atoms with E-state index in [1.807, 2.05) is 18.2 Å². The molecule has 0 radical (unpaired) electrons. The maximum absolute atomic E-state index is 12.1. The summed E-state index contributed by atoms with van der Waals surface area (Å²) in [5, 5.41) is 12.1. The Morgan fingerprint density at radius 3 is 2.21 bits per heavy atom. The predicted molar refractivity (Wildman–Crippen MR) is 121 cm³/mol.